The zero-order valence-corrected chi connectivity index (χ0v) is 8.87. The molecular formula is C11H15FO3. The summed E-state index contributed by atoms with van der Waals surface area (Å²) in [6.07, 6.45) is -0.355. The third-order valence-corrected chi connectivity index (χ3v) is 2.15. The summed E-state index contributed by atoms with van der Waals surface area (Å²) < 4.78 is 22.8. The predicted octanol–water partition coefficient (Wildman–Crippen LogP) is 1.90. The molecule has 1 atom stereocenters. The van der Waals surface area contributed by atoms with Gasteiger partial charge in [0.2, 0.25) is 0 Å². The van der Waals surface area contributed by atoms with Gasteiger partial charge in [-0.3, -0.25) is 0 Å². The third-order valence-electron chi connectivity index (χ3n) is 2.15. The number of rotatable bonds is 5. The highest BCUT2D eigenvalue weighted by atomic mass is 19.1. The van der Waals surface area contributed by atoms with E-state index in [9.17, 15) is 9.50 Å². The van der Waals surface area contributed by atoms with Crippen molar-refractivity contribution in [2.45, 2.75) is 12.5 Å². The highest BCUT2D eigenvalue weighted by molar-refractivity contribution is 5.35. The summed E-state index contributed by atoms with van der Waals surface area (Å²) >= 11 is 0. The van der Waals surface area contributed by atoms with Crippen LogP contribution in [0.1, 0.15) is 18.1 Å². The summed E-state index contributed by atoms with van der Waals surface area (Å²) in [4.78, 5) is 0. The predicted molar refractivity (Wildman–Crippen MR) is 54.4 cm³/mol. The number of aliphatic hydroxyl groups is 1. The molecule has 1 N–H and O–H groups in total. The molecule has 0 heterocycles. The molecule has 0 aliphatic carbocycles. The Balaban J connectivity index is 2.85. The van der Waals surface area contributed by atoms with Crippen LogP contribution in [0.25, 0.3) is 0 Å². The van der Waals surface area contributed by atoms with Gasteiger partial charge in [0.05, 0.1) is 13.2 Å². The number of ether oxygens (including phenoxy) is 2. The third kappa shape index (κ3) is 3.18. The van der Waals surface area contributed by atoms with Gasteiger partial charge in [0.15, 0.2) is 0 Å². The van der Waals surface area contributed by atoms with Crippen molar-refractivity contribution in [2.24, 2.45) is 0 Å². The Kier molecular flexibility index (Phi) is 4.52. The van der Waals surface area contributed by atoms with E-state index >= 15 is 0 Å². The molecule has 3 nitrogen and oxygen atoms in total. The van der Waals surface area contributed by atoms with Crippen LogP contribution < -0.4 is 4.74 Å². The Morgan fingerprint density at radius 2 is 2.13 bits per heavy atom. The monoisotopic (exact) mass is 214 g/mol. The van der Waals surface area contributed by atoms with Gasteiger partial charge in [-0.15, -0.1) is 0 Å². The average Bonchev–Trinajstić information content (AvgIpc) is 2.25. The van der Waals surface area contributed by atoms with E-state index in [2.05, 4.69) is 0 Å². The van der Waals surface area contributed by atoms with Gasteiger partial charge in [0.1, 0.15) is 11.6 Å². The van der Waals surface area contributed by atoms with Gasteiger partial charge in [-0.05, 0) is 18.2 Å². The average molecular weight is 214 g/mol. The van der Waals surface area contributed by atoms with Gasteiger partial charge < -0.3 is 14.6 Å². The molecule has 0 aliphatic heterocycles. The van der Waals surface area contributed by atoms with E-state index in [1.165, 1.54) is 25.3 Å². The van der Waals surface area contributed by atoms with Gasteiger partial charge in [0.25, 0.3) is 0 Å². The lowest BCUT2D eigenvalue weighted by atomic mass is 10.1. The van der Waals surface area contributed by atoms with Gasteiger partial charge in [-0.25, -0.2) is 4.39 Å². The van der Waals surface area contributed by atoms with E-state index in [1.54, 1.807) is 7.11 Å². The number of hydrogen-bond acceptors (Lipinski definition) is 3. The SMILES string of the molecule is COCCC(O)c1cc(F)ccc1OC. The second kappa shape index (κ2) is 5.68. The molecule has 0 saturated heterocycles. The minimum atomic E-state index is -0.768. The molecule has 1 unspecified atom stereocenters. The van der Waals surface area contributed by atoms with E-state index in [0.717, 1.165) is 0 Å². The first-order chi connectivity index (χ1) is 7.19. The van der Waals surface area contributed by atoms with Crippen LogP contribution in [0.15, 0.2) is 18.2 Å². The van der Waals surface area contributed by atoms with Crippen molar-refractivity contribution in [3.05, 3.63) is 29.6 Å². The topological polar surface area (TPSA) is 38.7 Å². The number of halogens is 1. The molecule has 15 heavy (non-hydrogen) atoms. The molecule has 0 amide bonds. The maximum Gasteiger partial charge on any atom is 0.124 e. The normalized spacial score (nSPS) is 12.5. The van der Waals surface area contributed by atoms with Crippen LogP contribution in [0.2, 0.25) is 0 Å². The van der Waals surface area contributed by atoms with Crippen LogP contribution in [0.4, 0.5) is 4.39 Å². The molecule has 0 spiro atoms. The van der Waals surface area contributed by atoms with Gasteiger partial charge in [0, 0.05) is 25.7 Å². The molecule has 0 bridgehead atoms. The molecule has 0 saturated carbocycles. The Morgan fingerprint density at radius 1 is 1.40 bits per heavy atom. The van der Waals surface area contributed by atoms with Crippen LogP contribution in [0, 0.1) is 5.82 Å². The number of hydrogen-bond donors (Lipinski definition) is 1. The molecule has 4 heteroatoms. The lowest BCUT2D eigenvalue weighted by Crippen LogP contribution is -2.04. The molecule has 0 fully saturated rings. The Bertz CT molecular complexity index is 315. The highest BCUT2D eigenvalue weighted by Crippen LogP contribution is 2.27. The van der Waals surface area contributed by atoms with Crippen LogP contribution in [-0.2, 0) is 4.74 Å². The molecule has 0 radical (unpaired) electrons. The largest absolute Gasteiger partial charge is 0.496 e. The fraction of sp³-hybridized carbons (Fsp3) is 0.455. The first kappa shape index (κ1) is 11.9. The van der Waals surface area contributed by atoms with Gasteiger partial charge >= 0.3 is 0 Å². The van der Waals surface area contributed by atoms with Crippen molar-refractivity contribution in [3.8, 4) is 5.75 Å². The molecule has 0 aliphatic rings. The Labute approximate surface area is 88.4 Å². The van der Waals surface area contributed by atoms with Crippen LogP contribution in [-0.4, -0.2) is 25.9 Å². The Hall–Kier alpha value is -1.13. The number of benzene rings is 1. The second-order valence-corrected chi connectivity index (χ2v) is 3.18. The van der Waals surface area contributed by atoms with E-state index in [-0.39, 0.29) is 5.82 Å². The van der Waals surface area contributed by atoms with Crippen LogP contribution >= 0.6 is 0 Å². The molecule has 84 valence electrons. The van der Waals surface area contributed by atoms with Crippen molar-refractivity contribution in [3.63, 3.8) is 0 Å². The standard InChI is InChI=1S/C11H15FO3/c1-14-6-5-10(13)9-7-8(12)3-4-11(9)15-2/h3-4,7,10,13H,5-6H2,1-2H3. The smallest absolute Gasteiger partial charge is 0.124 e. The summed E-state index contributed by atoms with van der Waals surface area (Å²) in [5.41, 5.74) is 0.453. The van der Waals surface area contributed by atoms with E-state index < -0.39 is 6.10 Å². The maximum absolute atomic E-state index is 13.0. The zero-order valence-electron chi connectivity index (χ0n) is 8.87. The first-order valence-electron chi connectivity index (χ1n) is 4.69. The minimum absolute atomic E-state index is 0.387. The van der Waals surface area contributed by atoms with Gasteiger partial charge in [-0.2, -0.15) is 0 Å². The van der Waals surface area contributed by atoms with Crippen molar-refractivity contribution < 1.29 is 19.0 Å². The van der Waals surface area contributed by atoms with Crippen molar-refractivity contribution in [2.75, 3.05) is 20.8 Å². The van der Waals surface area contributed by atoms with Crippen LogP contribution in [0.3, 0.4) is 0 Å². The fourth-order valence-corrected chi connectivity index (χ4v) is 1.35. The molecule has 1 aromatic rings. The lowest BCUT2D eigenvalue weighted by Gasteiger charge is -2.14. The minimum Gasteiger partial charge on any atom is -0.496 e. The zero-order chi connectivity index (χ0) is 11.3. The van der Waals surface area contributed by atoms with Gasteiger partial charge in [-0.1, -0.05) is 0 Å². The van der Waals surface area contributed by atoms with Crippen molar-refractivity contribution >= 4 is 0 Å². The molecule has 1 aromatic carbocycles. The van der Waals surface area contributed by atoms with Crippen LogP contribution in [0.5, 0.6) is 5.75 Å². The summed E-state index contributed by atoms with van der Waals surface area (Å²) in [5, 5.41) is 9.76. The van der Waals surface area contributed by atoms with E-state index in [1.807, 2.05) is 0 Å². The Morgan fingerprint density at radius 3 is 2.73 bits per heavy atom. The molecular weight excluding hydrogens is 199 g/mol. The van der Waals surface area contributed by atoms with Crippen molar-refractivity contribution in [1.82, 2.24) is 0 Å². The molecule has 1 rings (SSSR count). The maximum atomic E-state index is 13.0. The lowest BCUT2D eigenvalue weighted by molar-refractivity contribution is 0.108. The molecule has 0 aromatic heterocycles. The highest BCUT2D eigenvalue weighted by Gasteiger charge is 2.13. The summed E-state index contributed by atoms with van der Waals surface area (Å²) in [5.74, 6) is 0.0993. The van der Waals surface area contributed by atoms with E-state index in [0.29, 0.717) is 24.3 Å². The number of methoxy groups -OCH3 is 2. The summed E-state index contributed by atoms with van der Waals surface area (Å²) in [7, 11) is 3.04. The second-order valence-electron chi connectivity index (χ2n) is 3.18. The number of aliphatic hydroxyl groups excluding tert-OH is 1. The summed E-state index contributed by atoms with van der Waals surface area (Å²) in [6, 6.07) is 4.07. The summed E-state index contributed by atoms with van der Waals surface area (Å²) in [6.45, 7) is 0.417. The fourth-order valence-electron chi connectivity index (χ4n) is 1.35. The quantitative estimate of drug-likeness (QED) is 0.813. The first-order valence-corrected chi connectivity index (χ1v) is 4.69. The van der Waals surface area contributed by atoms with Crippen molar-refractivity contribution in [1.29, 1.82) is 0 Å². The van der Waals surface area contributed by atoms with E-state index in [4.69, 9.17) is 9.47 Å².